The first-order chi connectivity index (χ1) is 12.9. The Balaban J connectivity index is 1.55. The Bertz CT molecular complexity index is 917. The number of nitrogens with one attached hydrogen (secondary N) is 2. The second-order valence-electron chi connectivity index (χ2n) is 6.94. The van der Waals surface area contributed by atoms with Crippen LogP contribution in [0.1, 0.15) is 16.8 Å². The second-order valence-corrected chi connectivity index (χ2v) is 8.59. The topological polar surface area (TPSA) is 93.7 Å². The van der Waals surface area contributed by atoms with Gasteiger partial charge in [-0.1, -0.05) is 16.3 Å². The standard InChI is InChI=1S/C19H21N3O4S/c1-26-15-8-6-14(7-9-15)18(23)22-11-10-19(13-22)12-20-16-4-2-3-5-17(16)27(24,25)21-19/h2-9H,10-13H2,1H3,(H2-,20,21,24,25). The summed E-state index contributed by atoms with van der Waals surface area (Å²) in [7, 11) is -2.09. The molecule has 8 heteroatoms. The van der Waals surface area contributed by atoms with Crippen molar-refractivity contribution in [2.45, 2.75) is 16.9 Å². The zero-order chi connectivity index (χ0) is 19.1. The number of ether oxygens (including phenoxy) is 1. The highest BCUT2D eigenvalue weighted by Gasteiger charge is 2.47. The Kier molecular flexibility index (Phi) is 4.41. The lowest BCUT2D eigenvalue weighted by Gasteiger charge is -2.29. The van der Waals surface area contributed by atoms with Crippen molar-refractivity contribution in [3.05, 3.63) is 54.1 Å². The van der Waals surface area contributed by atoms with Crippen molar-refractivity contribution in [1.29, 1.82) is 0 Å². The lowest BCUT2D eigenvalue weighted by Crippen LogP contribution is -2.55. The fraction of sp³-hybridized carbons (Fsp3) is 0.316. The molecule has 2 N–H and O–H groups in total. The third-order valence-electron chi connectivity index (χ3n) is 5.12. The first kappa shape index (κ1) is 18.0. The highest BCUT2D eigenvalue weighted by molar-refractivity contribution is 7.96. The third kappa shape index (κ3) is 3.31. The Labute approximate surface area is 159 Å². The van der Waals surface area contributed by atoms with Gasteiger partial charge in [-0.25, -0.2) is 0 Å². The Morgan fingerprint density at radius 2 is 1.96 bits per heavy atom. The number of hydrogen-bond donors (Lipinski definition) is 2. The molecule has 1 saturated heterocycles. The van der Waals surface area contributed by atoms with Gasteiger partial charge < -0.3 is 19.5 Å². The maximum Gasteiger partial charge on any atom is 0.253 e. The van der Waals surface area contributed by atoms with E-state index in [0.29, 0.717) is 43.1 Å². The molecular formula is C19H21N3O4S. The Hall–Kier alpha value is -2.42. The van der Waals surface area contributed by atoms with E-state index >= 15 is 0 Å². The summed E-state index contributed by atoms with van der Waals surface area (Å²) in [5.74, 6) is 0.568. The molecule has 1 amide bonds. The van der Waals surface area contributed by atoms with Crippen LogP contribution in [-0.4, -0.2) is 47.6 Å². The summed E-state index contributed by atoms with van der Waals surface area (Å²) in [6.07, 6.45) is 0.551. The second kappa shape index (κ2) is 6.63. The minimum Gasteiger partial charge on any atom is -0.593 e. The summed E-state index contributed by atoms with van der Waals surface area (Å²) in [5, 5.41) is 3.23. The zero-order valence-corrected chi connectivity index (χ0v) is 15.8. The number of benzene rings is 2. The van der Waals surface area contributed by atoms with E-state index in [1.54, 1.807) is 60.5 Å². The van der Waals surface area contributed by atoms with Crippen LogP contribution in [0.2, 0.25) is 0 Å². The highest BCUT2D eigenvalue weighted by Crippen LogP contribution is 2.33. The van der Waals surface area contributed by atoms with Gasteiger partial charge in [0.1, 0.15) is 5.75 Å². The summed E-state index contributed by atoms with van der Waals surface area (Å²) >= 11 is 0. The lowest BCUT2D eigenvalue weighted by atomic mass is 10.00. The first-order valence-corrected chi connectivity index (χ1v) is 10.2. The number of fused-ring (bicyclic) bond motifs is 1. The monoisotopic (exact) mass is 387 g/mol. The van der Waals surface area contributed by atoms with Crippen molar-refractivity contribution < 1.29 is 18.3 Å². The van der Waals surface area contributed by atoms with E-state index < -0.39 is 15.9 Å². The molecule has 142 valence electrons. The van der Waals surface area contributed by atoms with Gasteiger partial charge in [0.15, 0.2) is 15.3 Å². The Morgan fingerprint density at radius 3 is 2.70 bits per heavy atom. The van der Waals surface area contributed by atoms with Crippen LogP contribution in [0.15, 0.2) is 53.4 Å². The molecular weight excluding hydrogens is 366 g/mol. The predicted molar refractivity (Wildman–Crippen MR) is 101 cm³/mol. The molecule has 27 heavy (non-hydrogen) atoms. The van der Waals surface area contributed by atoms with Gasteiger partial charge in [-0.3, -0.25) is 4.79 Å². The maximum atomic E-state index is 12.8. The number of para-hydroxylation sites is 1. The predicted octanol–water partition coefficient (Wildman–Crippen LogP) is 1.90. The van der Waals surface area contributed by atoms with Gasteiger partial charge >= 0.3 is 0 Å². The molecule has 0 saturated carbocycles. The molecule has 1 spiro atoms. The van der Waals surface area contributed by atoms with Crippen molar-refractivity contribution >= 4 is 22.0 Å². The molecule has 2 aromatic carbocycles. The van der Waals surface area contributed by atoms with Gasteiger partial charge in [0.2, 0.25) is 0 Å². The zero-order valence-electron chi connectivity index (χ0n) is 14.9. The van der Waals surface area contributed by atoms with E-state index in [1.807, 2.05) is 0 Å². The normalized spacial score (nSPS) is 27.0. The summed E-state index contributed by atoms with van der Waals surface area (Å²) in [4.78, 5) is 14.8. The summed E-state index contributed by atoms with van der Waals surface area (Å²) in [6, 6.07) is 13.8. The molecule has 0 radical (unpaired) electrons. The lowest BCUT2D eigenvalue weighted by molar-refractivity contribution is 0.0783. The fourth-order valence-electron chi connectivity index (χ4n) is 3.68. The Morgan fingerprint density at radius 1 is 1.22 bits per heavy atom. The van der Waals surface area contributed by atoms with Gasteiger partial charge in [0, 0.05) is 25.2 Å². The number of anilines is 1. The maximum absolute atomic E-state index is 12.8. The van der Waals surface area contributed by atoms with E-state index in [2.05, 4.69) is 10.0 Å². The van der Waals surface area contributed by atoms with Crippen molar-refractivity contribution in [2.24, 2.45) is 0 Å². The molecule has 2 aromatic rings. The average molecular weight is 387 g/mol. The van der Waals surface area contributed by atoms with Gasteiger partial charge in [0.05, 0.1) is 18.3 Å². The third-order valence-corrected chi connectivity index (χ3v) is 6.76. The number of nitrogens with zero attached hydrogens (tertiary/aromatic N) is 1. The van der Waals surface area contributed by atoms with Crippen LogP contribution in [0.25, 0.3) is 0 Å². The van der Waals surface area contributed by atoms with Gasteiger partial charge in [0.25, 0.3) is 5.91 Å². The van der Waals surface area contributed by atoms with Crippen molar-refractivity contribution in [3.63, 3.8) is 0 Å². The molecule has 0 aliphatic carbocycles. The number of sulfonamides is 1. The van der Waals surface area contributed by atoms with E-state index in [-0.39, 0.29) is 10.8 Å². The summed E-state index contributed by atoms with van der Waals surface area (Å²) in [5.41, 5.74) is 0.419. The molecule has 2 atom stereocenters. The molecule has 7 nitrogen and oxygen atoms in total. The number of carbonyl (C=O) groups is 1. The average Bonchev–Trinajstić information content (AvgIpc) is 3.04. The van der Waals surface area contributed by atoms with Crippen LogP contribution in [0.5, 0.6) is 5.75 Å². The van der Waals surface area contributed by atoms with Crippen LogP contribution in [0.3, 0.4) is 0 Å². The minimum absolute atomic E-state index is 0.115. The van der Waals surface area contributed by atoms with E-state index in [9.17, 15) is 13.6 Å². The molecule has 0 aromatic heterocycles. The number of likely N-dealkylation sites (tertiary alicyclic amines) is 1. The number of hydrogen-bond acceptors (Lipinski definition) is 5. The van der Waals surface area contributed by atoms with Crippen molar-refractivity contribution in [1.82, 2.24) is 9.62 Å². The van der Waals surface area contributed by atoms with Crippen LogP contribution >= 0.6 is 0 Å². The molecule has 4 rings (SSSR count). The molecule has 2 unspecified atom stereocenters. The number of amides is 1. The summed E-state index contributed by atoms with van der Waals surface area (Å²) in [6.45, 7) is 1.24. The van der Waals surface area contributed by atoms with Crippen molar-refractivity contribution in [2.75, 3.05) is 32.1 Å². The number of carbonyl (C=O) groups excluding carboxylic acids is 1. The fourth-order valence-corrected chi connectivity index (χ4v) is 5.28. The van der Waals surface area contributed by atoms with E-state index in [1.165, 1.54) is 0 Å². The van der Waals surface area contributed by atoms with Gasteiger partial charge in [-0.15, -0.1) is 4.72 Å². The van der Waals surface area contributed by atoms with E-state index in [0.717, 1.165) is 0 Å². The quantitative estimate of drug-likeness (QED) is 0.768. The molecule has 0 bridgehead atoms. The molecule has 2 aliphatic heterocycles. The molecule has 2 heterocycles. The number of rotatable bonds is 2. The van der Waals surface area contributed by atoms with Crippen LogP contribution in [0.4, 0.5) is 5.69 Å². The van der Waals surface area contributed by atoms with E-state index in [4.69, 9.17) is 4.74 Å². The van der Waals surface area contributed by atoms with Gasteiger partial charge in [-0.2, -0.15) is 0 Å². The SMILES string of the molecule is COc1ccc(C(=O)N2CCC3(CNc4ccccc4[S+](=O)([O-])N3)C2)cc1. The molecule has 1 fully saturated rings. The minimum atomic E-state index is -3.66. The summed E-state index contributed by atoms with van der Waals surface area (Å²) < 4.78 is 33.6. The van der Waals surface area contributed by atoms with Crippen molar-refractivity contribution in [3.8, 4) is 5.75 Å². The largest absolute Gasteiger partial charge is 0.593 e. The highest BCUT2D eigenvalue weighted by atomic mass is 32.3. The molecule has 2 aliphatic rings. The smallest absolute Gasteiger partial charge is 0.253 e. The van der Waals surface area contributed by atoms with Gasteiger partial charge in [-0.05, 0) is 42.8 Å². The van der Waals surface area contributed by atoms with Crippen LogP contribution in [0, 0.1) is 0 Å². The van der Waals surface area contributed by atoms with Crippen LogP contribution < -0.4 is 14.8 Å². The number of methoxy groups -OCH3 is 1. The van der Waals surface area contributed by atoms with Crippen LogP contribution in [-0.2, 0) is 14.6 Å². The first-order valence-electron chi connectivity index (χ1n) is 8.73.